The van der Waals surface area contributed by atoms with Crippen LogP contribution in [0.5, 0.6) is 0 Å². The molecule has 0 radical (unpaired) electrons. The van der Waals surface area contributed by atoms with Crippen LogP contribution in [-0.2, 0) is 19.4 Å². The Morgan fingerprint density at radius 1 is 1.43 bits per heavy atom. The summed E-state index contributed by atoms with van der Waals surface area (Å²) in [7, 11) is -3.35. The molecule has 1 fully saturated rings. The second-order valence-corrected chi connectivity index (χ2v) is 5.65. The van der Waals surface area contributed by atoms with Gasteiger partial charge in [0, 0.05) is 0 Å². The molecular formula is C8H14O5S. The van der Waals surface area contributed by atoms with Gasteiger partial charge in [0.2, 0.25) is 0 Å². The van der Waals surface area contributed by atoms with Crippen molar-refractivity contribution >= 4 is 15.8 Å². The lowest BCUT2D eigenvalue weighted by Crippen LogP contribution is -2.17. The van der Waals surface area contributed by atoms with Crippen molar-refractivity contribution in [3.8, 4) is 0 Å². The molecule has 1 rings (SSSR count). The molecule has 0 saturated heterocycles. The van der Waals surface area contributed by atoms with Gasteiger partial charge in [0.1, 0.15) is 5.94 Å². The Kier molecular flexibility index (Phi) is 3.88. The first-order valence-electron chi connectivity index (χ1n) is 4.49. The van der Waals surface area contributed by atoms with Gasteiger partial charge in [-0.15, -0.1) is 0 Å². The van der Waals surface area contributed by atoms with Crippen LogP contribution in [0.2, 0.25) is 0 Å². The van der Waals surface area contributed by atoms with Gasteiger partial charge in [-0.25, -0.2) is 8.42 Å². The van der Waals surface area contributed by atoms with Crippen LogP contribution in [0.1, 0.15) is 19.3 Å². The van der Waals surface area contributed by atoms with E-state index in [4.69, 9.17) is 9.84 Å². The highest BCUT2D eigenvalue weighted by atomic mass is 32.2. The minimum Gasteiger partial charge on any atom is -0.481 e. The molecule has 0 spiro atoms. The van der Waals surface area contributed by atoms with Crippen LogP contribution in [0, 0.1) is 5.92 Å². The third kappa shape index (κ3) is 5.18. The van der Waals surface area contributed by atoms with E-state index in [9.17, 15) is 13.2 Å². The summed E-state index contributed by atoms with van der Waals surface area (Å²) < 4.78 is 27.3. The number of aliphatic carboxylic acids is 1. The van der Waals surface area contributed by atoms with E-state index in [0.29, 0.717) is 12.5 Å². The number of carboxylic acids is 1. The SMILES string of the molecule is O=C(O)CCS(=O)(=O)COCC1CC1. The number of hydrogen-bond donors (Lipinski definition) is 1. The lowest BCUT2D eigenvalue weighted by atomic mass is 10.5. The third-order valence-corrected chi connectivity index (χ3v) is 3.29. The number of ether oxygens (including phenoxy) is 1. The fraction of sp³-hybridized carbons (Fsp3) is 0.875. The van der Waals surface area contributed by atoms with Gasteiger partial charge in [0.25, 0.3) is 0 Å². The van der Waals surface area contributed by atoms with Crippen molar-refractivity contribution < 1.29 is 23.1 Å². The Bertz CT molecular complexity index is 291. The predicted molar refractivity (Wildman–Crippen MR) is 49.6 cm³/mol. The van der Waals surface area contributed by atoms with Crippen LogP contribution in [-0.4, -0.2) is 37.8 Å². The fourth-order valence-corrected chi connectivity index (χ4v) is 1.88. The number of rotatable bonds is 7. The molecule has 1 N–H and O–H groups in total. The van der Waals surface area contributed by atoms with Crippen molar-refractivity contribution in [2.24, 2.45) is 5.92 Å². The highest BCUT2D eigenvalue weighted by Crippen LogP contribution is 2.28. The summed E-state index contributed by atoms with van der Waals surface area (Å²) in [6.45, 7) is 0.478. The summed E-state index contributed by atoms with van der Waals surface area (Å²) in [6.07, 6.45) is 1.86. The molecule has 5 nitrogen and oxygen atoms in total. The topological polar surface area (TPSA) is 80.7 Å². The molecule has 1 aliphatic rings. The molecule has 0 aromatic rings. The van der Waals surface area contributed by atoms with E-state index in [2.05, 4.69) is 0 Å². The molecule has 0 unspecified atom stereocenters. The minimum absolute atomic E-state index is 0.340. The molecular weight excluding hydrogens is 208 g/mol. The molecule has 0 heterocycles. The highest BCUT2D eigenvalue weighted by Gasteiger charge is 2.22. The van der Waals surface area contributed by atoms with E-state index in [0.717, 1.165) is 12.8 Å². The van der Waals surface area contributed by atoms with Gasteiger partial charge in [0.15, 0.2) is 9.84 Å². The zero-order valence-corrected chi connectivity index (χ0v) is 8.62. The van der Waals surface area contributed by atoms with Crippen LogP contribution in [0.4, 0.5) is 0 Å². The van der Waals surface area contributed by atoms with Crippen molar-refractivity contribution in [1.29, 1.82) is 0 Å². The van der Waals surface area contributed by atoms with Gasteiger partial charge < -0.3 is 9.84 Å². The molecule has 0 amide bonds. The van der Waals surface area contributed by atoms with E-state index < -0.39 is 15.8 Å². The molecule has 0 aromatic heterocycles. The lowest BCUT2D eigenvalue weighted by molar-refractivity contribution is -0.136. The van der Waals surface area contributed by atoms with Crippen LogP contribution >= 0.6 is 0 Å². The van der Waals surface area contributed by atoms with Crippen LogP contribution in [0.25, 0.3) is 0 Å². The fourth-order valence-electron chi connectivity index (χ4n) is 0.928. The van der Waals surface area contributed by atoms with E-state index in [-0.39, 0.29) is 18.1 Å². The Labute approximate surface area is 83.0 Å². The number of carboxylic acid groups (broad SMARTS) is 1. The molecule has 6 heteroatoms. The standard InChI is InChI=1S/C8H14O5S/c9-8(10)3-4-14(11,12)6-13-5-7-1-2-7/h7H,1-6H2,(H,9,10). The van der Waals surface area contributed by atoms with E-state index in [1.165, 1.54) is 0 Å². The zero-order valence-electron chi connectivity index (χ0n) is 7.81. The zero-order chi connectivity index (χ0) is 10.6. The summed E-state index contributed by atoms with van der Waals surface area (Å²) in [5, 5.41) is 8.30. The second kappa shape index (κ2) is 4.75. The average Bonchev–Trinajstić information content (AvgIpc) is 2.85. The second-order valence-electron chi connectivity index (χ2n) is 3.52. The largest absolute Gasteiger partial charge is 0.481 e. The maximum Gasteiger partial charge on any atom is 0.304 e. The average molecular weight is 222 g/mol. The summed E-state index contributed by atoms with van der Waals surface area (Å²) in [4.78, 5) is 10.1. The first-order chi connectivity index (χ1) is 6.49. The summed E-state index contributed by atoms with van der Waals surface area (Å²) in [5.41, 5.74) is 0. The maximum absolute atomic E-state index is 11.1. The first kappa shape index (κ1) is 11.5. The first-order valence-corrected chi connectivity index (χ1v) is 6.32. The normalized spacial score (nSPS) is 16.9. The van der Waals surface area contributed by atoms with Gasteiger partial charge in [-0.1, -0.05) is 0 Å². The number of sulfone groups is 1. The van der Waals surface area contributed by atoms with Crippen LogP contribution in [0.15, 0.2) is 0 Å². The van der Waals surface area contributed by atoms with Crippen molar-refractivity contribution in [3.05, 3.63) is 0 Å². The van der Waals surface area contributed by atoms with E-state index in [1.807, 2.05) is 0 Å². The van der Waals surface area contributed by atoms with Gasteiger partial charge in [-0.2, -0.15) is 0 Å². The molecule has 14 heavy (non-hydrogen) atoms. The van der Waals surface area contributed by atoms with Gasteiger partial charge in [-0.05, 0) is 18.8 Å². The molecule has 0 bridgehead atoms. The Morgan fingerprint density at radius 2 is 2.07 bits per heavy atom. The molecule has 0 aromatic carbocycles. The van der Waals surface area contributed by atoms with Crippen LogP contribution in [0.3, 0.4) is 0 Å². The highest BCUT2D eigenvalue weighted by molar-refractivity contribution is 7.91. The third-order valence-electron chi connectivity index (χ3n) is 1.94. The molecule has 0 aliphatic heterocycles. The van der Waals surface area contributed by atoms with Gasteiger partial charge in [0.05, 0.1) is 18.8 Å². The minimum atomic E-state index is -3.35. The molecule has 82 valence electrons. The number of carbonyl (C=O) groups is 1. The van der Waals surface area contributed by atoms with Crippen LogP contribution < -0.4 is 0 Å². The van der Waals surface area contributed by atoms with Gasteiger partial charge in [-0.3, -0.25) is 4.79 Å². The van der Waals surface area contributed by atoms with Crippen molar-refractivity contribution in [1.82, 2.24) is 0 Å². The summed E-state index contributed by atoms with van der Waals surface area (Å²) in [6, 6.07) is 0. The van der Waals surface area contributed by atoms with E-state index >= 15 is 0 Å². The van der Waals surface area contributed by atoms with Crippen molar-refractivity contribution in [2.75, 3.05) is 18.3 Å². The summed E-state index contributed by atoms with van der Waals surface area (Å²) in [5.74, 6) is -1.27. The smallest absolute Gasteiger partial charge is 0.304 e. The van der Waals surface area contributed by atoms with Crippen molar-refractivity contribution in [2.45, 2.75) is 19.3 Å². The molecule has 1 saturated carbocycles. The molecule has 0 atom stereocenters. The Morgan fingerprint density at radius 3 is 2.57 bits per heavy atom. The molecule has 1 aliphatic carbocycles. The maximum atomic E-state index is 11.1. The Hall–Kier alpha value is -0.620. The monoisotopic (exact) mass is 222 g/mol. The summed E-state index contributed by atoms with van der Waals surface area (Å²) >= 11 is 0. The van der Waals surface area contributed by atoms with E-state index in [1.54, 1.807) is 0 Å². The van der Waals surface area contributed by atoms with Crippen molar-refractivity contribution in [3.63, 3.8) is 0 Å². The lowest BCUT2D eigenvalue weighted by Gasteiger charge is -2.03. The number of hydrogen-bond acceptors (Lipinski definition) is 4. The Balaban J connectivity index is 2.15. The predicted octanol–water partition coefficient (Wildman–Crippen LogP) is 0.260. The van der Waals surface area contributed by atoms with Gasteiger partial charge >= 0.3 is 5.97 Å². The quantitative estimate of drug-likeness (QED) is 0.668.